The fourth-order valence-corrected chi connectivity index (χ4v) is 3.89. The Kier molecular flexibility index (Phi) is 6.81. The van der Waals surface area contributed by atoms with Gasteiger partial charge in [-0.1, -0.05) is 36.4 Å². The van der Waals surface area contributed by atoms with E-state index >= 15 is 0 Å². The largest absolute Gasteiger partial charge is 0.493 e. The van der Waals surface area contributed by atoms with Crippen molar-refractivity contribution >= 4 is 17.3 Å². The summed E-state index contributed by atoms with van der Waals surface area (Å²) in [4.78, 5) is 29.9. The average Bonchev–Trinajstić information content (AvgIpc) is 2.73. The van der Waals surface area contributed by atoms with Crippen molar-refractivity contribution < 1.29 is 19.1 Å². The number of carbonyl (C=O) groups is 2. The number of aliphatic imine (C=N–C) groups is 1. The molecule has 1 aliphatic carbocycles. The van der Waals surface area contributed by atoms with Gasteiger partial charge in [-0.2, -0.15) is 0 Å². The molecule has 5 heteroatoms. The molecule has 0 unspecified atom stereocenters. The minimum Gasteiger partial charge on any atom is -0.493 e. The van der Waals surface area contributed by atoms with Crippen LogP contribution in [0.1, 0.15) is 36.8 Å². The number of hydrogen-bond acceptors (Lipinski definition) is 5. The maximum absolute atomic E-state index is 12.7. The van der Waals surface area contributed by atoms with Crippen LogP contribution in [0.4, 0.5) is 0 Å². The summed E-state index contributed by atoms with van der Waals surface area (Å²) in [5.74, 6) is 0.593. The van der Waals surface area contributed by atoms with Gasteiger partial charge in [0.1, 0.15) is 17.5 Å². The van der Waals surface area contributed by atoms with Gasteiger partial charge in [0.25, 0.3) is 0 Å². The number of carbonyl (C=O) groups excluding carboxylic acids is 2. The zero-order chi connectivity index (χ0) is 20.8. The zero-order valence-corrected chi connectivity index (χ0v) is 17.2. The highest BCUT2D eigenvalue weighted by atomic mass is 16.5. The first kappa shape index (κ1) is 20.8. The molecule has 0 aliphatic heterocycles. The molecule has 2 aromatic carbocycles. The van der Waals surface area contributed by atoms with Gasteiger partial charge in [0, 0.05) is 25.1 Å². The summed E-state index contributed by atoms with van der Waals surface area (Å²) in [6.45, 7) is 2.30. The lowest BCUT2D eigenvalue weighted by Gasteiger charge is -2.26. The SMILES string of the molecule is COc1ccc(CCN=C(C)C2C(=O)CC(c3ccccc3)CC2=O)cc1OC. The van der Waals surface area contributed by atoms with E-state index in [0.29, 0.717) is 43.0 Å². The molecule has 2 aromatic rings. The number of methoxy groups -OCH3 is 2. The van der Waals surface area contributed by atoms with Gasteiger partial charge in [-0.25, -0.2) is 0 Å². The maximum atomic E-state index is 12.7. The third-order valence-corrected chi connectivity index (χ3v) is 5.44. The fraction of sp³-hybridized carbons (Fsp3) is 0.375. The van der Waals surface area contributed by atoms with E-state index < -0.39 is 5.92 Å². The number of Topliss-reactive ketones (excluding diaryl/α,β-unsaturated/α-hetero) is 2. The van der Waals surface area contributed by atoms with Crippen molar-refractivity contribution in [2.45, 2.75) is 32.1 Å². The number of hydrogen-bond donors (Lipinski definition) is 0. The molecule has 1 aliphatic rings. The average molecular weight is 393 g/mol. The first-order valence-electron chi connectivity index (χ1n) is 9.85. The first-order valence-corrected chi connectivity index (χ1v) is 9.85. The van der Waals surface area contributed by atoms with E-state index in [-0.39, 0.29) is 17.5 Å². The Morgan fingerprint density at radius 3 is 2.24 bits per heavy atom. The summed E-state index contributed by atoms with van der Waals surface area (Å²) in [6, 6.07) is 15.5. The topological polar surface area (TPSA) is 65.0 Å². The third kappa shape index (κ3) is 4.91. The lowest BCUT2D eigenvalue weighted by Crippen LogP contribution is -2.37. The molecule has 152 valence electrons. The molecule has 5 nitrogen and oxygen atoms in total. The monoisotopic (exact) mass is 393 g/mol. The molecule has 3 rings (SSSR count). The Morgan fingerprint density at radius 2 is 1.62 bits per heavy atom. The van der Waals surface area contributed by atoms with Crippen LogP contribution >= 0.6 is 0 Å². The standard InChI is InChI=1S/C24H27NO4/c1-16(25-12-11-17-9-10-22(28-2)23(13-17)29-3)24-20(26)14-19(15-21(24)27)18-7-5-4-6-8-18/h4-10,13,19,24H,11-12,14-15H2,1-3H3. The molecule has 0 aromatic heterocycles. The van der Waals surface area contributed by atoms with Crippen LogP contribution in [0.25, 0.3) is 0 Å². The molecule has 0 N–H and O–H groups in total. The third-order valence-electron chi connectivity index (χ3n) is 5.44. The molecule has 0 radical (unpaired) electrons. The van der Waals surface area contributed by atoms with Crippen LogP contribution in [0.3, 0.4) is 0 Å². The number of ketones is 2. The molecule has 0 amide bonds. The summed E-state index contributed by atoms with van der Waals surface area (Å²) >= 11 is 0. The number of benzene rings is 2. The van der Waals surface area contributed by atoms with Gasteiger partial charge in [0.05, 0.1) is 14.2 Å². The molecule has 1 fully saturated rings. The Bertz CT molecular complexity index is 886. The van der Waals surface area contributed by atoms with Crippen LogP contribution < -0.4 is 9.47 Å². The van der Waals surface area contributed by atoms with Gasteiger partial charge in [-0.05, 0) is 42.5 Å². The number of ether oxygens (including phenoxy) is 2. The fourth-order valence-electron chi connectivity index (χ4n) is 3.89. The molecule has 0 heterocycles. The summed E-state index contributed by atoms with van der Waals surface area (Å²) in [5, 5.41) is 0. The second-order valence-corrected chi connectivity index (χ2v) is 7.34. The molecule has 0 spiro atoms. The molecule has 1 saturated carbocycles. The van der Waals surface area contributed by atoms with Crippen molar-refractivity contribution in [3.8, 4) is 11.5 Å². The van der Waals surface area contributed by atoms with Crippen molar-refractivity contribution in [2.24, 2.45) is 10.9 Å². The van der Waals surface area contributed by atoms with E-state index in [1.54, 1.807) is 21.1 Å². The van der Waals surface area contributed by atoms with E-state index in [1.165, 1.54) is 0 Å². The molecule has 0 saturated heterocycles. The van der Waals surface area contributed by atoms with E-state index in [9.17, 15) is 9.59 Å². The summed E-state index contributed by atoms with van der Waals surface area (Å²) in [5.41, 5.74) is 2.73. The van der Waals surface area contributed by atoms with Gasteiger partial charge >= 0.3 is 0 Å². The highest BCUT2D eigenvalue weighted by Gasteiger charge is 2.37. The van der Waals surface area contributed by atoms with Gasteiger partial charge in [0.2, 0.25) is 0 Å². The molecule has 29 heavy (non-hydrogen) atoms. The first-order chi connectivity index (χ1) is 14.0. The number of rotatable bonds is 7. The van der Waals surface area contributed by atoms with Crippen LogP contribution in [0.15, 0.2) is 53.5 Å². The van der Waals surface area contributed by atoms with Crippen molar-refractivity contribution in [2.75, 3.05) is 20.8 Å². The molecular formula is C24H27NO4. The van der Waals surface area contributed by atoms with E-state index in [0.717, 1.165) is 11.1 Å². The van der Waals surface area contributed by atoms with Crippen LogP contribution in [-0.2, 0) is 16.0 Å². The minimum absolute atomic E-state index is 0.0213. The van der Waals surface area contributed by atoms with Crippen LogP contribution in [0.5, 0.6) is 11.5 Å². The van der Waals surface area contributed by atoms with Crippen molar-refractivity contribution in [1.29, 1.82) is 0 Å². The Labute approximate surface area is 171 Å². The second-order valence-electron chi connectivity index (χ2n) is 7.34. The van der Waals surface area contributed by atoms with Gasteiger partial charge < -0.3 is 9.47 Å². The van der Waals surface area contributed by atoms with Crippen molar-refractivity contribution in [3.05, 3.63) is 59.7 Å². The van der Waals surface area contributed by atoms with Crippen LogP contribution in [0, 0.1) is 5.92 Å². The lowest BCUT2D eigenvalue weighted by atomic mass is 9.75. The highest BCUT2D eigenvalue weighted by molar-refractivity contribution is 6.21. The van der Waals surface area contributed by atoms with E-state index in [2.05, 4.69) is 4.99 Å². The molecular weight excluding hydrogens is 366 g/mol. The minimum atomic E-state index is -0.694. The summed E-state index contributed by atoms with van der Waals surface area (Å²) < 4.78 is 10.6. The van der Waals surface area contributed by atoms with Crippen LogP contribution in [0.2, 0.25) is 0 Å². The zero-order valence-electron chi connectivity index (χ0n) is 17.2. The van der Waals surface area contributed by atoms with E-state index in [1.807, 2.05) is 48.5 Å². The summed E-state index contributed by atoms with van der Waals surface area (Å²) in [6.07, 6.45) is 1.48. The summed E-state index contributed by atoms with van der Waals surface area (Å²) in [7, 11) is 3.21. The predicted molar refractivity (Wildman–Crippen MR) is 113 cm³/mol. The molecule has 0 atom stereocenters. The van der Waals surface area contributed by atoms with Crippen LogP contribution in [-0.4, -0.2) is 38.0 Å². The second kappa shape index (κ2) is 9.50. The van der Waals surface area contributed by atoms with Gasteiger partial charge in [-0.3, -0.25) is 14.6 Å². The van der Waals surface area contributed by atoms with Crippen molar-refractivity contribution in [3.63, 3.8) is 0 Å². The van der Waals surface area contributed by atoms with Gasteiger partial charge in [0.15, 0.2) is 11.5 Å². The number of nitrogens with zero attached hydrogens (tertiary/aromatic N) is 1. The van der Waals surface area contributed by atoms with Gasteiger partial charge in [-0.15, -0.1) is 0 Å². The smallest absolute Gasteiger partial charge is 0.160 e. The Balaban J connectivity index is 1.63. The highest BCUT2D eigenvalue weighted by Crippen LogP contribution is 2.32. The normalized spacial score (nSPS) is 19.9. The van der Waals surface area contributed by atoms with Crippen molar-refractivity contribution in [1.82, 2.24) is 0 Å². The molecule has 0 bridgehead atoms. The lowest BCUT2D eigenvalue weighted by molar-refractivity contribution is -0.133. The quantitative estimate of drug-likeness (QED) is 0.526. The maximum Gasteiger partial charge on any atom is 0.160 e. The Morgan fingerprint density at radius 1 is 0.966 bits per heavy atom. The Hall–Kier alpha value is -2.95. The predicted octanol–water partition coefficient (Wildman–Crippen LogP) is 4.04. The van der Waals surface area contributed by atoms with E-state index in [4.69, 9.17) is 9.47 Å².